The Hall–Kier alpha value is -0.490. The van der Waals surface area contributed by atoms with Gasteiger partial charge in [-0.2, -0.15) is 0 Å². The Labute approximate surface area is 131 Å². The zero-order chi connectivity index (χ0) is 15.2. The number of ether oxygens (including phenoxy) is 1. The minimum Gasteiger partial charge on any atom is -0.374 e. The molecule has 0 saturated carbocycles. The lowest BCUT2D eigenvalue weighted by Crippen LogP contribution is -2.30. The summed E-state index contributed by atoms with van der Waals surface area (Å²) in [6.07, 6.45) is 3.45. The van der Waals surface area contributed by atoms with Gasteiger partial charge in [-0.05, 0) is 42.3 Å². The zero-order valence-electron chi connectivity index (χ0n) is 12.6. The highest BCUT2D eigenvalue weighted by molar-refractivity contribution is 7.28. The number of benzene rings is 1. The fraction of sp³-hybridized carbons (Fsp3) is 0.562. The lowest BCUT2D eigenvalue weighted by molar-refractivity contribution is -0.121. The van der Waals surface area contributed by atoms with Gasteiger partial charge in [0.25, 0.3) is 0 Å². The van der Waals surface area contributed by atoms with Crippen LogP contribution >= 0.6 is 18.5 Å². The highest BCUT2D eigenvalue weighted by Gasteiger charge is 2.44. The molecule has 4 unspecified atom stereocenters. The Morgan fingerprint density at radius 1 is 1.38 bits per heavy atom. The van der Waals surface area contributed by atoms with Gasteiger partial charge in [-0.25, -0.2) is 0 Å². The Kier molecular flexibility index (Phi) is 4.12. The van der Waals surface area contributed by atoms with Crippen LogP contribution in [0.1, 0.15) is 38.7 Å². The fourth-order valence-electron chi connectivity index (χ4n) is 3.34. The molecule has 2 fully saturated rings. The Morgan fingerprint density at radius 2 is 2.14 bits per heavy atom. The maximum atomic E-state index is 12.4. The molecule has 2 bridgehead atoms. The highest BCUT2D eigenvalue weighted by Crippen LogP contribution is 2.39. The quantitative estimate of drug-likeness (QED) is 0.869. The molecule has 2 aliphatic heterocycles. The molecule has 1 aromatic carbocycles. The number of fused-ring (bicyclic) bond motifs is 2. The number of hydrogen-bond donors (Lipinski definition) is 1. The van der Waals surface area contributed by atoms with Crippen molar-refractivity contribution in [2.45, 2.75) is 50.5 Å². The molecule has 5 heteroatoms. The molecule has 2 aliphatic rings. The number of nitrogens with one attached hydrogen (secondary N) is 1. The normalized spacial score (nSPS) is 27.9. The van der Waals surface area contributed by atoms with Gasteiger partial charge >= 0.3 is 0 Å². The summed E-state index contributed by atoms with van der Waals surface area (Å²) in [5.41, 5.74) is 2.08. The molecule has 0 radical (unpaired) electrons. The van der Waals surface area contributed by atoms with Crippen molar-refractivity contribution >= 4 is 35.4 Å². The predicted octanol–water partition coefficient (Wildman–Crippen LogP) is 2.80. The Bertz CT molecular complexity index is 568. The van der Waals surface area contributed by atoms with Crippen molar-refractivity contribution in [3.05, 3.63) is 23.8 Å². The molecule has 0 aliphatic carbocycles. The molecule has 114 valence electrons. The van der Waals surface area contributed by atoms with Gasteiger partial charge in [0, 0.05) is 10.8 Å². The van der Waals surface area contributed by atoms with Crippen LogP contribution < -0.4 is 10.6 Å². The number of anilines is 1. The van der Waals surface area contributed by atoms with Gasteiger partial charge in [-0.15, -0.1) is 18.5 Å². The molecule has 3 nitrogen and oxygen atoms in total. The van der Waals surface area contributed by atoms with Crippen LogP contribution in [0.4, 0.5) is 5.69 Å². The average Bonchev–Trinajstić information content (AvgIpc) is 3.02. The van der Waals surface area contributed by atoms with E-state index in [-0.39, 0.29) is 23.1 Å². The maximum absolute atomic E-state index is 12.4. The van der Waals surface area contributed by atoms with Crippen LogP contribution in [-0.4, -0.2) is 18.1 Å². The summed E-state index contributed by atoms with van der Waals surface area (Å²) in [4.78, 5) is 12.4. The number of carbonyl (C=O) groups excluding carboxylic acids is 1. The zero-order valence-corrected chi connectivity index (χ0v) is 14.9. The summed E-state index contributed by atoms with van der Waals surface area (Å²) in [6.45, 7) is 4.30. The van der Waals surface area contributed by atoms with Gasteiger partial charge in [-0.3, -0.25) is 4.79 Å². The van der Waals surface area contributed by atoms with E-state index in [4.69, 9.17) is 4.74 Å². The van der Waals surface area contributed by atoms with E-state index in [1.165, 1.54) is 5.56 Å². The van der Waals surface area contributed by atoms with Gasteiger partial charge in [0.2, 0.25) is 5.91 Å². The first kappa shape index (κ1) is 15.4. The molecular weight excluding hydrogens is 300 g/mol. The van der Waals surface area contributed by atoms with E-state index in [0.29, 0.717) is 6.10 Å². The van der Waals surface area contributed by atoms with Gasteiger partial charge in [0.05, 0.1) is 18.1 Å². The standard InChI is InChI=1S/C16H23NO2P2/c1-16(2,21)12-7-9(3-6-14(12)20)17-15(18)11-8-10-4-5-13(11)19-10/h3,6-7,10-11,13H,4-5,8,20-21H2,1-2H3,(H,17,18)/t10?,11-,13?/m0/s1. The molecule has 0 aromatic heterocycles. The van der Waals surface area contributed by atoms with Crippen molar-refractivity contribution in [1.29, 1.82) is 0 Å². The largest absolute Gasteiger partial charge is 0.374 e. The molecule has 2 heterocycles. The molecular formula is C16H23NO2P2. The van der Waals surface area contributed by atoms with Crippen LogP contribution in [0.3, 0.4) is 0 Å². The maximum Gasteiger partial charge on any atom is 0.230 e. The summed E-state index contributed by atoms with van der Waals surface area (Å²) in [5.74, 6) is 0.123. The van der Waals surface area contributed by atoms with E-state index in [1.54, 1.807) is 0 Å². The van der Waals surface area contributed by atoms with Crippen LogP contribution in [0.2, 0.25) is 0 Å². The summed E-state index contributed by atoms with van der Waals surface area (Å²) in [6, 6.07) is 6.08. The Morgan fingerprint density at radius 3 is 2.71 bits per heavy atom. The van der Waals surface area contributed by atoms with Crippen molar-refractivity contribution in [3.8, 4) is 0 Å². The SMILES string of the molecule is CC(C)(P)c1cc(NC(=O)[C@H]2CC3CCC2O3)ccc1P. The van der Waals surface area contributed by atoms with Gasteiger partial charge in [0.15, 0.2) is 0 Å². The number of hydrogen-bond acceptors (Lipinski definition) is 2. The van der Waals surface area contributed by atoms with Crippen LogP contribution in [0, 0.1) is 5.92 Å². The molecule has 1 N–H and O–H groups in total. The van der Waals surface area contributed by atoms with Gasteiger partial charge in [0.1, 0.15) is 0 Å². The molecule has 1 aromatic rings. The lowest BCUT2D eigenvalue weighted by Gasteiger charge is -2.23. The molecule has 1 amide bonds. The minimum atomic E-state index is -0.0205. The van der Waals surface area contributed by atoms with E-state index in [9.17, 15) is 4.79 Å². The lowest BCUT2D eigenvalue weighted by atomic mass is 9.88. The molecule has 0 spiro atoms. The van der Waals surface area contributed by atoms with E-state index in [2.05, 4.69) is 43.7 Å². The van der Waals surface area contributed by atoms with Gasteiger partial charge in [-0.1, -0.05) is 19.9 Å². The third kappa shape index (κ3) is 3.16. The van der Waals surface area contributed by atoms with Crippen LogP contribution in [0.15, 0.2) is 18.2 Å². The highest BCUT2D eigenvalue weighted by atomic mass is 31.0. The fourth-order valence-corrected chi connectivity index (χ4v) is 4.31. The molecule has 3 rings (SSSR count). The molecule has 21 heavy (non-hydrogen) atoms. The van der Waals surface area contributed by atoms with Crippen LogP contribution in [-0.2, 0) is 14.7 Å². The van der Waals surface area contributed by atoms with E-state index in [1.807, 2.05) is 12.1 Å². The topological polar surface area (TPSA) is 38.3 Å². The van der Waals surface area contributed by atoms with Crippen molar-refractivity contribution in [1.82, 2.24) is 0 Å². The number of amides is 1. The second-order valence-electron chi connectivity index (χ2n) is 6.73. The van der Waals surface area contributed by atoms with E-state index in [0.717, 1.165) is 30.3 Å². The number of carbonyl (C=O) groups is 1. The third-order valence-electron chi connectivity index (χ3n) is 4.46. The minimum absolute atomic E-state index is 0.0203. The van der Waals surface area contributed by atoms with Crippen LogP contribution in [0.5, 0.6) is 0 Å². The first-order chi connectivity index (χ1) is 9.84. The van der Waals surface area contributed by atoms with Crippen molar-refractivity contribution in [2.75, 3.05) is 5.32 Å². The Balaban J connectivity index is 1.75. The van der Waals surface area contributed by atoms with Crippen molar-refractivity contribution in [2.24, 2.45) is 5.92 Å². The van der Waals surface area contributed by atoms with Gasteiger partial charge < -0.3 is 10.1 Å². The first-order valence-electron chi connectivity index (χ1n) is 7.50. The van der Waals surface area contributed by atoms with Crippen molar-refractivity contribution in [3.63, 3.8) is 0 Å². The predicted molar refractivity (Wildman–Crippen MR) is 93.2 cm³/mol. The second-order valence-corrected chi connectivity index (χ2v) is 8.79. The third-order valence-corrected chi connectivity index (χ3v) is 5.27. The van der Waals surface area contributed by atoms with E-state index >= 15 is 0 Å². The summed E-state index contributed by atoms with van der Waals surface area (Å²) >= 11 is 0. The van der Waals surface area contributed by atoms with E-state index < -0.39 is 0 Å². The number of rotatable bonds is 3. The summed E-state index contributed by atoms with van der Waals surface area (Å²) in [5, 5.41) is 4.21. The second kappa shape index (κ2) is 5.61. The van der Waals surface area contributed by atoms with Crippen molar-refractivity contribution < 1.29 is 9.53 Å². The summed E-state index contributed by atoms with van der Waals surface area (Å²) in [7, 11) is 5.61. The first-order valence-corrected chi connectivity index (χ1v) is 8.65. The summed E-state index contributed by atoms with van der Waals surface area (Å²) < 4.78 is 5.77. The monoisotopic (exact) mass is 323 g/mol. The molecule has 5 atom stereocenters. The van der Waals surface area contributed by atoms with Crippen LogP contribution in [0.25, 0.3) is 0 Å². The molecule has 2 saturated heterocycles. The average molecular weight is 323 g/mol. The smallest absolute Gasteiger partial charge is 0.230 e.